The third-order valence-corrected chi connectivity index (χ3v) is 6.70. The Bertz CT molecular complexity index is 1740. The molecule has 4 heterocycles. The van der Waals surface area contributed by atoms with Crippen molar-refractivity contribution in [3.8, 4) is 34.6 Å². The zero-order valence-electron chi connectivity index (χ0n) is 20.2. The second kappa shape index (κ2) is 8.30. The highest BCUT2D eigenvalue weighted by atomic mass is 16.5. The minimum atomic E-state index is -0.179. The zero-order chi connectivity index (χ0) is 24.9. The van der Waals surface area contributed by atoms with E-state index in [1.165, 1.54) is 0 Å². The van der Waals surface area contributed by atoms with Gasteiger partial charge in [-0.2, -0.15) is 5.10 Å². The van der Waals surface area contributed by atoms with Gasteiger partial charge in [0.1, 0.15) is 12.1 Å². The van der Waals surface area contributed by atoms with Crippen molar-refractivity contribution in [2.45, 2.75) is 12.8 Å². The van der Waals surface area contributed by atoms with Gasteiger partial charge in [-0.05, 0) is 48.9 Å². The quantitative estimate of drug-likeness (QED) is 0.323. The molecule has 1 atom stereocenters. The predicted molar refractivity (Wildman–Crippen MR) is 139 cm³/mol. The van der Waals surface area contributed by atoms with Crippen LogP contribution in [0.15, 0.2) is 91.3 Å². The first kappa shape index (κ1) is 21.3. The second-order valence-electron chi connectivity index (χ2n) is 8.89. The zero-order valence-corrected chi connectivity index (χ0v) is 20.2. The molecular formula is C29H22N6O2. The fraction of sp³-hybridized carbons (Fsp3) is 0.103. The Labute approximate surface area is 212 Å². The maximum atomic E-state index is 6.48. The number of hydrogen-bond acceptors (Lipinski definition) is 6. The summed E-state index contributed by atoms with van der Waals surface area (Å²) in [6.45, 7) is 2.02. The number of ether oxygens (including phenoxy) is 2. The molecule has 0 N–H and O–H groups in total. The smallest absolute Gasteiger partial charge is 0.230 e. The van der Waals surface area contributed by atoms with Gasteiger partial charge in [-0.1, -0.05) is 48.5 Å². The number of rotatable bonds is 4. The Morgan fingerprint density at radius 1 is 0.838 bits per heavy atom. The Hall–Kier alpha value is -4.98. The van der Waals surface area contributed by atoms with Crippen molar-refractivity contribution in [1.29, 1.82) is 0 Å². The van der Waals surface area contributed by atoms with Gasteiger partial charge in [0.25, 0.3) is 0 Å². The monoisotopic (exact) mass is 486 g/mol. The lowest BCUT2D eigenvalue weighted by molar-refractivity contribution is 0.402. The molecule has 8 heteroatoms. The molecule has 3 aromatic heterocycles. The molecule has 3 aromatic carbocycles. The lowest BCUT2D eigenvalue weighted by atomic mass is 9.84. The molecule has 0 bridgehead atoms. The molecule has 0 radical (unpaired) electrons. The number of aryl methyl sites for hydroxylation is 1. The van der Waals surface area contributed by atoms with E-state index in [4.69, 9.17) is 24.7 Å². The van der Waals surface area contributed by atoms with Crippen LogP contribution in [-0.4, -0.2) is 36.5 Å². The third-order valence-electron chi connectivity index (χ3n) is 6.70. The first-order chi connectivity index (χ1) is 18.2. The summed E-state index contributed by atoms with van der Waals surface area (Å²) in [5, 5.41) is 9.61. The van der Waals surface area contributed by atoms with E-state index in [0.29, 0.717) is 23.2 Å². The normalized spacial score (nSPS) is 14.2. The van der Waals surface area contributed by atoms with Gasteiger partial charge in [-0.25, -0.2) is 19.2 Å². The lowest BCUT2D eigenvalue weighted by Crippen LogP contribution is -2.16. The summed E-state index contributed by atoms with van der Waals surface area (Å²) in [5.41, 5.74) is 6.36. The number of para-hydroxylation sites is 1. The minimum Gasteiger partial charge on any atom is -0.497 e. The van der Waals surface area contributed by atoms with Crippen LogP contribution in [0.1, 0.15) is 28.3 Å². The van der Waals surface area contributed by atoms with Crippen LogP contribution < -0.4 is 9.47 Å². The summed E-state index contributed by atoms with van der Waals surface area (Å²) in [7, 11) is 1.65. The van der Waals surface area contributed by atoms with E-state index < -0.39 is 0 Å². The lowest BCUT2D eigenvalue weighted by Gasteiger charge is -2.26. The Balaban J connectivity index is 1.46. The van der Waals surface area contributed by atoms with Crippen molar-refractivity contribution in [3.63, 3.8) is 0 Å². The van der Waals surface area contributed by atoms with Gasteiger partial charge >= 0.3 is 0 Å². The number of benzene rings is 3. The van der Waals surface area contributed by atoms with Crippen LogP contribution in [-0.2, 0) is 0 Å². The Morgan fingerprint density at radius 2 is 1.57 bits per heavy atom. The van der Waals surface area contributed by atoms with Gasteiger partial charge in [-0.15, -0.1) is 5.10 Å². The molecule has 1 unspecified atom stereocenters. The van der Waals surface area contributed by atoms with E-state index in [1.54, 1.807) is 18.0 Å². The van der Waals surface area contributed by atoms with Gasteiger partial charge in [0, 0.05) is 5.56 Å². The van der Waals surface area contributed by atoms with Crippen LogP contribution in [0.3, 0.4) is 0 Å². The highest BCUT2D eigenvalue weighted by Crippen LogP contribution is 2.49. The molecule has 37 heavy (non-hydrogen) atoms. The summed E-state index contributed by atoms with van der Waals surface area (Å²) in [5.74, 6) is 2.37. The molecule has 0 aliphatic carbocycles. The number of methoxy groups -OCH3 is 1. The highest BCUT2D eigenvalue weighted by molar-refractivity contribution is 5.69. The van der Waals surface area contributed by atoms with Crippen molar-refractivity contribution in [2.24, 2.45) is 0 Å². The average Bonchev–Trinajstić information content (AvgIpc) is 3.54. The van der Waals surface area contributed by atoms with Crippen molar-refractivity contribution in [3.05, 3.63) is 114 Å². The van der Waals surface area contributed by atoms with E-state index in [9.17, 15) is 0 Å². The minimum absolute atomic E-state index is 0.179. The average molecular weight is 487 g/mol. The number of fused-ring (bicyclic) bond motifs is 4. The first-order valence-corrected chi connectivity index (χ1v) is 12.0. The summed E-state index contributed by atoms with van der Waals surface area (Å²) < 4.78 is 15.4. The third kappa shape index (κ3) is 3.37. The second-order valence-corrected chi connectivity index (χ2v) is 8.89. The van der Waals surface area contributed by atoms with Gasteiger partial charge in [0.2, 0.25) is 11.8 Å². The summed E-state index contributed by atoms with van der Waals surface area (Å²) in [6, 6.07) is 28.0. The fourth-order valence-electron chi connectivity index (χ4n) is 4.96. The maximum absolute atomic E-state index is 6.48. The molecule has 0 saturated heterocycles. The molecule has 180 valence electrons. The SMILES string of the molecule is COc1ccc(-c2nc3c4c(ncn3n2)Oc2c(c(C)nn2-c2ccccc2)C4c2ccccc2)cc1. The molecule has 0 spiro atoms. The number of hydrogen-bond donors (Lipinski definition) is 0. The van der Waals surface area contributed by atoms with Gasteiger partial charge in [-0.3, -0.25) is 0 Å². The van der Waals surface area contributed by atoms with E-state index in [2.05, 4.69) is 17.1 Å². The van der Waals surface area contributed by atoms with Crippen molar-refractivity contribution in [1.82, 2.24) is 29.4 Å². The van der Waals surface area contributed by atoms with Gasteiger partial charge in [0.15, 0.2) is 11.5 Å². The van der Waals surface area contributed by atoms with Crippen molar-refractivity contribution >= 4 is 5.65 Å². The Morgan fingerprint density at radius 3 is 2.30 bits per heavy atom. The summed E-state index contributed by atoms with van der Waals surface area (Å²) in [6.07, 6.45) is 1.65. The molecule has 1 aliphatic heterocycles. The van der Waals surface area contributed by atoms with Crippen LogP contribution in [0.25, 0.3) is 22.7 Å². The van der Waals surface area contributed by atoms with E-state index in [1.807, 2.05) is 84.4 Å². The van der Waals surface area contributed by atoms with Crippen molar-refractivity contribution < 1.29 is 9.47 Å². The van der Waals surface area contributed by atoms with Crippen molar-refractivity contribution in [2.75, 3.05) is 7.11 Å². The topological polar surface area (TPSA) is 79.4 Å². The summed E-state index contributed by atoms with van der Waals surface area (Å²) >= 11 is 0. The van der Waals surface area contributed by atoms with Gasteiger partial charge < -0.3 is 9.47 Å². The van der Waals surface area contributed by atoms with Crippen LogP contribution >= 0.6 is 0 Å². The van der Waals surface area contributed by atoms with Crippen LogP contribution in [0.4, 0.5) is 0 Å². The molecule has 6 aromatic rings. The molecule has 7 rings (SSSR count). The predicted octanol–water partition coefficient (Wildman–Crippen LogP) is 5.58. The molecule has 0 amide bonds. The van der Waals surface area contributed by atoms with Gasteiger partial charge in [0.05, 0.1) is 35.5 Å². The number of aromatic nitrogens is 6. The van der Waals surface area contributed by atoms with Crippen LogP contribution in [0.2, 0.25) is 0 Å². The molecule has 1 aliphatic rings. The molecule has 0 fully saturated rings. The highest BCUT2D eigenvalue weighted by Gasteiger charge is 2.38. The van der Waals surface area contributed by atoms with E-state index >= 15 is 0 Å². The summed E-state index contributed by atoms with van der Waals surface area (Å²) in [4.78, 5) is 9.64. The van der Waals surface area contributed by atoms with Crippen LogP contribution in [0, 0.1) is 6.92 Å². The Kier molecular flexibility index (Phi) is 4.78. The fourth-order valence-corrected chi connectivity index (χ4v) is 4.96. The molecular weight excluding hydrogens is 464 g/mol. The first-order valence-electron chi connectivity index (χ1n) is 12.0. The van der Waals surface area contributed by atoms with E-state index in [-0.39, 0.29) is 5.92 Å². The molecule has 8 nitrogen and oxygen atoms in total. The largest absolute Gasteiger partial charge is 0.497 e. The standard InChI is InChI=1S/C29H22N6O2/c1-18-23-24(19-9-5-3-6-10-19)25-27-31-26(20-13-15-22(36-2)16-14-20)33-34(27)17-30-28(25)37-29(23)35(32-18)21-11-7-4-8-12-21/h3-17,24H,1-2H3. The van der Waals surface area contributed by atoms with Crippen LogP contribution in [0.5, 0.6) is 17.5 Å². The molecule has 0 saturated carbocycles. The number of nitrogens with zero attached hydrogens (tertiary/aromatic N) is 6. The van der Waals surface area contributed by atoms with E-state index in [0.717, 1.165) is 39.4 Å². The maximum Gasteiger partial charge on any atom is 0.230 e.